The molecule has 2 nitrogen and oxygen atoms in total. The van der Waals surface area contributed by atoms with Gasteiger partial charge in [-0.25, -0.2) is 0 Å². The molecule has 0 aliphatic rings. The average Bonchev–Trinajstić information content (AvgIpc) is 2.73. The zero-order chi connectivity index (χ0) is 11.0. The van der Waals surface area contributed by atoms with Gasteiger partial charge in [-0.05, 0) is 23.8 Å². The molecule has 3 rings (SSSR count). The molecule has 0 atom stereocenters. The Hall–Kier alpha value is -2.22. The molecule has 0 unspecified atom stereocenters. The van der Waals surface area contributed by atoms with Crippen LogP contribution in [0.5, 0.6) is 0 Å². The first-order chi connectivity index (χ1) is 7.83. The summed E-state index contributed by atoms with van der Waals surface area (Å²) in [5.41, 5.74) is 9.94. The molecule has 78 valence electrons. The number of hydrogen-bond acceptors (Lipinski definition) is 1. The van der Waals surface area contributed by atoms with E-state index >= 15 is 0 Å². The van der Waals surface area contributed by atoms with Crippen LogP contribution in [0.4, 0.5) is 5.69 Å². The number of rotatable bonds is 1. The fourth-order valence-corrected chi connectivity index (χ4v) is 1.92. The number of aromatic amines is 1. The zero-order valence-corrected chi connectivity index (χ0v) is 8.77. The largest absolute Gasteiger partial charge is 0.399 e. The van der Waals surface area contributed by atoms with E-state index in [0.717, 1.165) is 16.9 Å². The second-order valence-electron chi connectivity index (χ2n) is 3.90. The molecule has 3 aromatic rings. The minimum absolute atomic E-state index is 0.786. The van der Waals surface area contributed by atoms with Crippen LogP contribution in [-0.4, -0.2) is 4.98 Å². The van der Waals surface area contributed by atoms with E-state index in [1.54, 1.807) is 0 Å². The van der Waals surface area contributed by atoms with Gasteiger partial charge in [0.2, 0.25) is 0 Å². The van der Waals surface area contributed by atoms with Crippen LogP contribution in [-0.2, 0) is 0 Å². The van der Waals surface area contributed by atoms with E-state index in [0.29, 0.717) is 0 Å². The first-order valence-corrected chi connectivity index (χ1v) is 5.26. The summed E-state index contributed by atoms with van der Waals surface area (Å²) in [5, 5.41) is 1.19. The van der Waals surface area contributed by atoms with Crippen molar-refractivity contribution in [1.29, 1.82) is 0 Å². The van der Waals surface area contributed by atoms with Gasteiger partial charge >= 0.3 is 0 Å². The van der Waals surface area contributed by atoms with E-state index in [9.17, 15) is 0 Å². The molecule has 1 heterocycles. The first kappa shape index (κ1) is 9.04. The highest BCUT2D eigenvalue weighted by Gasteiger charge is 2.02. The highest BCUT2D eigenvalue weighted by atomic mass is 14.7. The normalized spacial score (nSPS) is 10.8. The average molecular weight is 208 g/mol. The van der Waals surface area contributed by atoms with Gasteiger partial charge < -0.3 is 10.7 Å². The Morgan fingerprint density at radius 1 is 0.875 bits per heavy atom. The smallest absolute Gasteiger partial charge is 0.0479 e. The van der Waals surface area contributed by atoms with Gasteiger partial charge in [-0.2, -0.15) is 0 Å². The third-order valence-electron chi connectivity index (χ3n) is 2.73. The summed E-state index contributed by atoms with van der Waals surface area (Å²) in [5.74, 6) is 0. The lowest BCUT2D eigenvalue weighted by molar-refractivity contribution is 1.45. The molecule has 2 aromatic carbocycles. The molecule has 16 heavy (non-hydrogen) atoms. The van der Waals surface area contributed by atoms with Gasteiger partial charge in [0.15, 0.2) is 0 Å². The monoisotopic (exact) mass is 208 g/mol. The summed E-state index contributed by atoms with van der Waals surface area (Å²) >= 11 is 0. The van der Waals surface area contributed by atoms with E-state index in [2.05, 4.69) is 23.2 Å². The maximum absolute atomic E-state index is 5.75. The predicted octanol–water partition coefficient (Wildman–Crippen LogP) is 3.42. The van der Waals surface area contributed by atoms with E-state index in [-0.39, 0.29) is 0 Å². The number of hydrogen-bond donors (Lipinski definition) is 2. The Kier molecular flexibility index (Phi) is 1.93. The third-order valence-corrected chi connectivity index (χ3v) is 2.73. The van der Waals surface area contributed by atoms with Crippen molar-refractivity contribution in [2.75, 3.05) is 5.73 Å². The van der Waals surface area contributed by atoms with Gasteiger partial charge in [0.05, 0.1) is 0 Å². The van der Waals surface area contributed by atoms with Gasteiger partial charge in [-0.15, -0.1) is 0 Å². The Labute approximate surface area is 93.7 Å². The van der Waals surface area contributed by atoms with Crippen LogP contribution in [0.3, 0.4) is 0 Å². The number of H-pyrrole nitrogens is 1. The summed E-state index contributed by atoms with van der Waals surface area (Å²) in [6, 6.07) is 18.3. The highest BCUT2D eigenvalue weighted by Crippen LogP contribution is 2.24. The Bertz CT molecular complexity index is 624. The molecule has 0 aliphatic heterocycles. The maximum atomic E-state index is 5.75. The van der Waals surface area contributed by atoms with E-state index < -0.39 is 0 Å². The van der Waals surface area contributed by atoms with Crippen LogP contribution in [0.1, 0.15) is 0 Å². The van der Waals surface area contributed by atoms with Crippen molar-refractivity contribution < 1.29 is 0 Å². The number of fused-ring (bicyclic) bond motifs is 1. The summed E-state index contributed by atoms with van der Waals surface area (Å²) in [6.45, 7) is 0. The molecule has 0 saturated heterocycles. The lowest BCUT2D eigenvalue weighted by atomic mass is 10.1. The van der Waals surface area contributed by atoms with Crippen molar-refractivity contribution in [3.8, 4) is 11.3 Å². The van der Waals surface area contributed by atoms with Gasteiger partial charge in [-0.1, -0.05) is 36.4 Å². The van der Waals surface area contributed by atoms with Crippen LogP contribution >= 0.6 is 0 Å². The van der Waals surface area contributed by atoms with Crippen molar-refractivity contribution in [3.63, 3.8) is 0 Å². The molecule has 0 aliphatic carbocycles. The van der Waals surface area contributed by atoms with Crippen molar-refractivity contribution in [3.05, 3.63) is 54.6 Å². The third kappa shape index (κ3) is 1.44. The maximum Gasteiger partial charge on any atom is 0.0479 e. The first-order valence-electron chi connectivity index (χ1n) is 5.26. The molecular weight excluding hydrogens is 196 g/mol. The Morgan fingerprint density at radius 2 is 1.69 bits per heavy atom. The van der Waals surface area contributed by atoms with Gasteiger partial charge in [0, 0.05) is 22.3 Å². The van der Waals surface area contributed by atoms with Crippen molar-refractivity contribution in [2.45, 2.75) is 0 Å². The SMILES string of the molecule is Nc1ccc2cc(-c3ccccc3)[nH]c2c1. The molecule has 3 N–H and O–H groups in total. The lowest BCUT2D eigenvalue weighted by Crippen LogP contribution is -1.82. The number of nitrogens with two attached hydrogens (primary N) is 1. The van der Waals surface area contributed by atoms with Gasteiger partial charge in [0.1, 0.15) is 0 Å². The van der Waals surface area contributed by atoms with Crippen molar-refractivity contribution in [2.24, 2.45) is 0 Å². The van der Waals surface area contributed by atoms with Crippen molar-refractivity contribution in [1.82, 2.24) is 4.98 Å². The number of nitrogen functional groups attached to an aromatic ring is 1. The number of anilines is 1. The summed E-state index contributed by atoms with van der Waals surface area (Å²) < 4.78 is 0. The lowest BCUT2D eigenvalue weighted by Gasteiger charge is -1.95. The number of nitrogens with one attached hydrogen (secondary N) is 1. The van der Waals surface area contributed by atoms with Crippen LogP contribution in [0.15, 0.2) is 54.6 Å². The van der Waals surface area contributed by atoms with Gasteiger partial charge in [-0.3, -0.25) is 0 Å². The van der Waals surface area contributed by atoms with E-state index in [4.69, 9.17) is 5.73 Å². The van der Waals surface area contributed by atoms with E-state index in [1.807, 2.05) is 36.4 Å². The zero-order valence-electron chi connectivity index (χ0n) is 8.77. The molecule has 0 saturated carbocycles. The van der Waals surface area contributed by atoms with Crippen LogP contribution in [0.25, 0.3) is 22.2 Å². The topological polar surface area (TPSA) is 41.8 Å². The highest BCUT2D eigenvalue weighted by molar-refractivity contribution is 5.87. The molecular formula is C14H12N2. The number of benzene rings is 2. The second kappa shape index (κ2) is 3.42. The van der Waals surface area contributed by atoms with E-state index in [1.165, 1.54) is 10.9 Å². The minimum atomic E-state index is 0.786. The second-order valence-corrected chi connectivity index (χ2v) is 3.90. The fourth-order valence-electron chi connectivity index (χ4n) is 1.92. The molecule has 0 radical (unpaired) electrons. The van der Waals surface area contributed by atoms with Gasteiger partial charge in [0.25, 0.3) is 0 Å². The summed E-state index contributed by atoms with van der Waals surface area (Å²) in [6.07, 6.45) is 0. The fraction of sp³-hybridized carbons (Fsp3) is 0. The molecule has 2 heteroatoms. The minimum Gasteiger partial charge on any atom is -0.399 e. The Morgan fingerprint density at radius 3 is 2.50 bits per heavy atom. The molecule has 0 bridgehead atoms. The predicted molar refractivity (Wildman–Crippen MR) is 68.1 cm³/mol. The van der Waals surface area contributed by atoms with Crippen molar-refractivity contribution >= 4 is 16.6 Å². The quantitative estimate of drug-likeness (QED) is 0.591. The van der Waals surface area contributed by atoms with Crippen LogP contribution < -0.4 is 5.73 Å². The molecule has 0 amide bonds. The summed E-state index contributed by atoms with van der Waals surface area (Å²) in [4.78, 5) is 3.37. The number of aromatic nitrogens is 1. The standard InChI is InChI=1S/C14H12N2/c15-12-7-6-11-8-13(16-14(11)9-12)10-4-2-1-3-5-10/h1-9,16H,15H2. The van der Waals surface area contributed by atoms with Crippen LogP contribution in [0, 0.1) is 0 Å². The molecule has 0 spiro atoms. The molecule has 1 aromatic heterocycles. The molecule has 0 fully saturated rings. The summed E-state index contributed by atoms with van der Waals surface area (Å²) in [7, 11) is 0. The van der Waals surface area contributed by atoms with Crippen LogP contribution in [0.2, 0.25) is 0 Å². The Balaban J connectivity index is 2.19.